The van der Waals surface area contributed by atoms with E-state index in [1.165, 1.54) is 4.90 Å². The Bertz CT molecular complexity index is 888. The molecule has 2 aliphatic rings. The van der Waals surface area contributed by atoms with Crippen molar-refractivity contribution in [3.63, 3.8) is 0 Å². The lowest BCUT2D eigenvalue weighted by Gasteiger charge is -2.30. The number of rotatable bonds is 6. The van der Waals surface area contributed by atoms with Crippen LogP contribution in [0.3, 0.4) is 0 Å². The number of carbonyl (C=O) groups is 3. The van der Waals surface area contributed by atoms with E-state index in [1.54, 1.807) is 30.3 Å². The number of thioether (sulfide) groups is 1. The largest absolute Gasteiger partial charge is 0.472 e. The summed E-state index contributed by atoms with van der Waals surface area (Å²) in [7, 11) is 0. The molecule has 0 bridgehead atoms. The minimum atomic E-state index is -0.815. The maximum atomic E-state index is 12.6. The Hall–Kier alpha value is -2.84. The summed E-state index contributed by atoms with van der Waals surface area (Å²) in [5.41, 5.74) is 1.22. The molecule has 2 aromatic carbocycles. The molecule has 0 aliphatic carbocycles. The lowest BCUT2D eigenvalue weighted by Crippen LogP contribution is -2.41. The van der Waals surface area contributed by atoms with Gasteiger partial charge in [-0.05, 0) is 12.1 Å². The zero-order valence-electron chi connectivity index (χ0n) is 14.9. The van der Waals surface area contributed by atoms with Crippen molar-refractivity contribution in [2.45, 2.75) is 6.23 Å². The van der Waals surface area contributed by atoms with Crippen molar-refractivity contribution < 1.29 is 23.9 Å². The topological polar surface area (TPSA) is 76.2 Å². The summed E-state index contributed by atoms with van der Waals surface area (Å²) in [6.45, 7) is 0.561. The number of amides is 3. The quantitative estimate of drug-likeness (QED) is 0.745. The van der Waals surface area contributed by atoms with E-state index < -0.39 is 6.23 Å². The van der Waals surface area contributed by atoms with Gasteiger partial charge in [-0.25, -0.2) is 4.90 Å². The van der Waals surface area contributed by atoms with Gasteiger partial charge in [0.25, 0.3) is 11.1 Å². The van der Waals surface area contributed by atoms with E-state index in [9.17, 15) is 14.4 Å². The van der Waals surface area contributed by atoms with E-state index in [4.69, 9.17) is 9.47 Å². The summed E-state index contributed by atoms with van der Waals surface area (Å²) in [5, 5.41) is -0.329. The number of nitrogens with zero attached hydrogens (tertiary/aromatic N) is 2. The molecule has 28 heavy (non-hydrogen) atoms. The van der Waals surface area contributed by atoms with E-state index in [0.29, 0.717) is 16.9 Å². The van der Waals surface area contributed by atoms with Gasteiger partial charge in [-0.2, -0.15) is 0 Å². The van der Waals surface area contributed by atoms with Crippen molar-refractivity contribution in [1.29, 1.82) is 0 Å². The first-order valence-electron chi connectivity index (χ1n) is 8.81. The molecule has 0 aromatic heterocycles. The monoisotopic (exact) mass is 398 g/mol. The molecule has 3 amide bonds. The van der Waals surface area contributed by atoms with Crippen LogP contribution >= 0.6 is 11.8 Å². The Labute approximate surface area is 166 Å². The molecular weight excluding hydrogens is 380 g/mol. The van der Waals surface area contributed by atoms with Gasteiger partial charge < -0.3 is 14.4 Å². The third kappa shape index (κ3) is 3.61. The SMILES string of the molecule is O=C1c2ccccc2OCN1CCOC(c1ccccc1)N1C(=O)CSC1=O. The Morgan fingerprint density at radius 2 is 1.79 bits per heavy atom. The zero-order valence-corrected chi connectivity index (χ0v) is 15.8. The first kappa shape index (κ1) is 18.5. The molecule has 0 spiro atoms. The minimum absolute atomic E-state index is 0.112. The van der Waals surface area contributed by atoms with Crippen molar-refractivity contribution in [3.05, 3.63) is 65.7 Å². The first-order valence-corrected chi connectivity index (χ1v) is 9.80. The van der Waals surface area contributed by atoms with Crippen LogP contribution in [0.2, 0.25) is 0 Å². The maximum Gasteiger partial charge on any atom is 0.291 e. The van der Waals surface area contributed by atoms with Crippen molar-refractivity contribution in [2.24, 2.45) is 0 Å². The number of hydrogen-bond donors (Lipinski definition) is 0. The minimum Gasteiger partial charge on any atom is -0.472 e. The fourth-order valence-electron chi connectivity index (χ4n) is 3.11. The molecule has 2 heterocycles. The molecular formula is C20H18N2O5S. The molecule has 1 fully saturated rings. The number of carbonyl (C=O) groups excluding carboxylic acids is 3. The van der Waals surface area contributed by atoms with Gasteiger partial charge in [-0.3, -0.25) is 14.4 Å². The highest BCUT2D eigenvalue weighted by atomic mass is 32.2. The van der Waals surface area contributed by atoms with Crippen LogP contribution in [0.4, 0.5) is 4.79 Å². The fraction of sp³-hybridized carbons (Fsp3) is 0.250. The van der Waals surface area contributed by atoms with Crippen LogP contribution in [0.15, 0.2) is 54.6 Å². The summed E-state index contributed by atoms with van der Waals surface area (Å²) in [5.74, 6) is 0.263. The van der Waals surface area contributed by atoms with Crippen LogP contribution in [-0.4, -0.2) is 52.5 Å². The standard InChI is InChI=1S/C20H18N2O5S/c23-17-12-28-20(25)22(17)19(14-6-2-1-3-7-14)26-11-10-21-13-27-16-9-5-4-8-15(16)18(21)24/h1-9,19H,10-13H2. The summed E-state index contributed by atoms with van der Waals surface area (Å²) >= 11 is 0.964. The van der Waals surface area contributed by atoms with Gasteiger partial charge in [0.05, 0.1) is 17.9 Å². The van der Waals surface area contributed by atoms with Gasteiger partial charge in [0.2, 0.25) is 5.91 Å². The molecule has 8 heteroatoms. The van der Waals surface area contributed by atoms with Gasteiger partial charge in [0.15, 0.2) is 13.0 Å². The number of benzene rings is 2. The van der Waals surface area contributed by atoms with E-state index in [-0.39, 0.29) is 42.7 Å². The van der Waals surface area contributed by atoms with Crippen LogP contribution in [0, 0.1) is 0 Å². The van der Waals surface area contributed by atoms with E-state index in [2.05, 4.69) is 0 Å². The van der Waals surface area contributed by atoms with E-state index in [0.717, 1.165) is 16.7 Å². The van der Waals surface area contributed by atoms with Crippen LogP contribution in [0.1, 0.15) is 22.1 Å². The zero-order chi connectivity index (χ0) is 19.5. The third-order valence-corrected chi connectivity index (χ3v) is 5.36. The normalized spacial score (nSPS) is 17.5. The Balaban J connectivity index is 1.45. The number of hydrogen-bond acceptors (Lipinski definition) is 6. The molecule has 0 N–H and O–H groups in total. The lowest BCUT2D eigenvalue weighted by atomic mass is 10.1. The van der Waals surface area contributed by atoms with Crippen LogP contribution in [0.5, 0.6) is 5.75 Å². The van der Waals surface area contributed by atoms with Crippen molar-refractivity contribution >= 4 is 28.8 Å². The average molecular weight is 398 g/mol. The van der Waals surface area contributed by atoms with Crippen LogP contribution < -0.4 is 4.74 Å². The Kier molecular flexibility index (Phi) is 5.31. The Morgan fingerprint density at radius 1 is 1.04 bits per heavy atom. The fourth-order valence-corrected chi connectivity index (χ4v) is 3.84. The second-order valence-corrected chi connectivity index (χ2v) is 7.22. The van der Waals surface area contributed by atoms with Gasteiger partial charge in [0.1, 0.15) is 5.75 Å². The Morgan fingerprint density at radius 3 is 2.54 bits per heavy atom. The second kappa shape index (κ2) is 8.04. The lowest BCUT2D eigenvalue weighted by molar-refractivity contribution is -0.136. The second-order valence-electron chi connectivity index (χ2n) is 6.29. The molecule has 2 aromatic rings. The molecule has 1 unspecified atom stereocenters. The summed E-state index contributed by atoms with van der Waals surface area (Å²) < 4.78 is 11.5. The van der Waals surface area contributed by atoms with Crippen molar-refractivity contribution in [2.75, 3.05) is 25.6 Å². The van der Waals surface area contributed by atoms with Crippen molar-refractivity contribution in [1.82, 2.24) is 9.80 Å². The van der Waals surface area contributed by atoms with Gasteiger partial charge in [0, 0.05) is 12.1 Å². The molecule has 1 atom stereocenters. The van der Waals surface area contributed by atoms with Crippen LogP contribution in [-0.2, 0) is 9.53 Å². The number of para-hydroxylation sites is 1. The molecule has 144 valence electrons. The number of imide groups is 1. The average Bonchev–Trinajstić information content (AvgIpc) is 3.06. The molecule has 0 saturated carbocycles. The molecule has 1 saturated heterocycles. The molecule has 0 radical (unpaired) electrons. The smallest absolute Gasteiger partial charge is 0.291 e. The predicted molar refractivity (Wildman–Crippen MR) is 103 cm³/mol. The van der Waals surface area contributed by atoms with Gasteiger partial charge in [-0.1, -0.05) is 54.2 Å². The summed E-state index contributed by atoms with van der Waals surface area (Å²) in [6, 6.07) is 16.2. The van der Waals surface area contributed by atoms with Gasteiger partial charge in [-0.15, -0.1) is 0 Å². The summed E-state index contributed by atoms with van der Waals surface area (Å²) in [6.07, 6.45) is -0.815. The molecule has 4 rings (SSSR count). The first-order chi connectivity index (χ1) is 13.6. The molecule has 2 aliphatic heterocycles. The highest BCUT2D eigenvalue weighted by Gasteiger charge is 2.37. The number of fused-ring (bicyclic) bond motifs is 1. The highest BCUT2D eigenvalue weighted by molar-refractivity contribution is 8.14. The van der Waals surface area contributed by atoms with E-state index in [1.807, 2.05) is 24.3 Å². The maximum absolute atomic E-state index is 12.6. The third-order valence-electron chi connectivity index (χ3n) is 4.52. The highest BCUT2D eigenvalue weighted by Crippen LogP contribution is 2.31. The number of ether oxygens (including phenoxy) is 2. The van der Waals surface area contributed by atoms with E-state index >= 15 is 0 Å². The van der Waals surface area contributed by atoms with Crippen molar-refractivity contribution in [3.8, 4) is 5.75 Å². The molecule has 7 nitrogen and oxygen atoms in total. The van der Waals surface area contributed by atoms with Gasteiger partial charge >= 0.3 is 0 Å². The predicted octanol–water partition coefficient (Wildman–Crippen LogP) is 2.89. The summed E-state index contributed by atoms with van der Waals surface area (Å²) in [4.78, 5) is 39.6. The van der Waals surface area contributed by atoms with Crippen LogP contribution in [0.25, 0.3) is 0 Å².